The van der Waals surface area contributed by atoms with Gasteiger partial charge in [-0.25, -0.2) is 0 Å². The number of carbonyl (C=O) groups excluding carboxylic acids is 2. The summed E-state index contributed by atoms with van der Waals surface area (Å²) in [6.45, 7) is 4.33. The van der Waals surface area contributed by atoms with E-state index >= 15 is 0 Å². The SMILES string of the molecule is CC(=O)O.CC(=O)O.CC(=O)O.CC(=O)O.O=CC=O. The molecule has 0 bridgehead atoms. The first kappa shape index (κ1) is 30.3. The number of hydrogen-bond acceptors (Lipinski definition) is 6. The first-order chi connectivity index (χ1) is 8.84. The standard InChI is InChI=1S/4C2H4O2.C2H2O2/c4*1-2(3)4;3-1-2-4/h4*1H3,(H,3,4);1-2H. The highest BCUT2D eigenvalue weighted by molar-refractivity contribution is 6.09. The van der Waals surface area contributed by atoms with Crippen LogP contribution in [0.25, 0.3) is 0 Å². The Morgan fingerprint density at radius 2 is 0.600 bits per heavy atom. The molecular weight excluding hydrogens is 280 g/mol. The number of aldehydes is 2. The molecule has 0 aliphatic carbocycles. The number of carbonyl (C=O) groups is 6. The second-order valence-electron chi connectivity index (χ2n) is 2.35. The Morgan fingerprint density at radius 1 is 0.550 bits per heavy atom. The lowest BCUT2D eigenvalue weighted by Crippen LogP contribution is -1.78. The smallest absolute Gasteiger partial charge is 0.300 e. The van der Waals surface area contributed by atoms with Crippen molar-refractivity contribution in [3.05, 3.63) is 0 Å². The van der Waals surface area contributed by atoms with Crippen LogP contribution >= 0.6 is 0 Å². The Balaban J connectivity index is -0.0000000469. The molecular formula is C10H18O10. The molecule has 0 unspecified atom stereocenters. The summed E-state index contributed by atoms with van der Waals surface area (Å²) in [5, 5.41) is 29.7. The van der Waals surface area contributed by atoms with Gasteiger partial charge >= 0.3 is 0 Å². The van der Waals surface area contributed by atoms with Crippen molar-refractivity contribution in [2.75, 3.05) is 0 Å². The summed E-state index contributed by atoms with van der Waals surface area (Å²) in [4.78, 5) is 53.6. The molecule has 10 heteroatoms. The fraction of sp³-hybridized carbons (Fsp3) is 0.400. The van der Waals surface area contributed by atoms with Crippen molar-refractivity contribution in [1.82, 2.24) is 0 Å². The van der Waals surface area contributed by atoms with E-state index in [0.717, 1.165) is 27.7 Å². The number of carboxylic acid groups (broad SMARTS) is 4. The van der Waals surface area contributed by atoms with Crippen LogP contribution in [-0.2, 0) is 28.8 Å². The van der Waals surface area contributed by atoms with E-state index in [9.17, 15) is 0 Å². The lowest BCUT2D eigenvalue weighted by molar-refractivity contribution is -0.135. The fourth-order valence-electron chi connectivity index (χ4n) is 0. The van der Waals surface area contributed by atoms with Crippen LogP contribution in [0.1, 0.15) is 27.7 Å². The molecule has 0 radical (unpaired) electrons. The molecule has 0 atom stereocenters. The lowest BCUT2D eigenvalue weighted by Gasteiger charge is -1.59. The fourth-order valence-corrected chi connectivity index (χ4v) is 0. The van der Waals surface area contributed by atoms with Crippen molar-refractivity contribution in [3.63, 3.8) is 0 Å². The summed E-state index contributed by atoms with van der Waals surface area (Å²) in [6, 6.07) is 0. The zero-order chi connectivity index (χ0) is 17.7. The second kappa shape index (κ2) is 29.8. The summed E-state index contributed by atoms with van der Waals surface area (Å²) in [5.41, 5.74) is 0. The molecule has 0 aliphatic rings. The van der Waals surface area contributed by atoms with Crippen LogP contribution in [-0.4, -0.2) is 56.9 Å². The van der Waals surface area contributed by atoms with E-state index in [0.29, 0.717) is 0 Å². The monoisotopic (exact) mass is 298 g/mol. The summed E-state index contributed by atoms with van der Waals surface area (Å²) >= 11 is 0. The van der Waals surface area contributed by atoms with Gasteiger partial charge in [-0.3, -0.25) is 28.8 Å². The molecule has 4 N–H and O–H groups in total. The third kappa shape index (κ3) is 971. The highest BCUT2D eigenvalue weighted by Gasteiger charge is 1.66. The summed E-state index contributed by atoms with van der Waals surface area (Å²) in [6.07, 6.45) is 0.389. The van der Waals surface area contributed by atoms with Gasteiger partial charge in [-0.05, 0) is 0 Å². The van der Waals surface area contributed by atoms with Crippen molar-refractivity contribution in [1.29, 1.82) is 0 Å². The maximum absolute atomic E-state index is 9.00. The van der Waals surface area contributed by atoms with Gasteiger partial charge in [0.1, 0.15) is 0 Å². The number of carboxylic acids is 4. The van der Waals surface area contributed by atoms with Gasteiger partial charge in [0.15, 0.2) is 12.6 Å². The van der Waals surface area contributed by atoms with E-state index < -0.39 is 23.9 Å². The van der Waals surface area contributed by atoms with Crippen molar-refractivity contribution >= 4 is 36.4 Å². The number of rotatable bonds is 1. The minimum atomic E-state index is -0.833. The van der Waals surface area contributed by atoms with E-state index in [4.69, 9.17) is 49.2 Å². The van der Waals surface area contributed by atoms with Crippen LogP contribution in [0.5, 0.6) is 0 Å². The van der Waals surface area contributed by atoms with Crippen LogP contribution in [0.3, 0.4) is 0 Å². The Bertz CT molecular complexity index is 224. The van der Waals surface area contributed by atoms with Gasteiger partial charge in [0.05, 0.1) is 0 Å². The van der Waals surface area contributed by atoms with Crippen molar-refractivity contribution in [2.45, 2.75) is 27.7 Å². The summed E-state index contributed by atoms with van der Waals surface area (Å²) in [5.74, 6) is -3.33. The molecule has 0 aromatic carbocycles. The first-order valence-corrected chi connectivity index (χ1v) is 4.52. The Kier molecular flexibility index (Phi) is 45.3. The van der Waals surface area contributed by atoms with Gasteiger partial charge in [-0.1, -0.05) is 0 Å². The summed E-state index contributed by atoms with van der Waals surface area (Å²) in [7, 11) is 0. The maximum atomic E-state index is 9.00. The highest BCUT2D eigenvalue weighted by Crippen LogP contribution is 1.43. The van der Waals surface area contributed by atoms with Gasteiger partial charge in [0.25, 0.3) is 23.9 Å². The topological polar surface area (TPSA) is 183 Å². The van der Waals surface area contributed by atoms with E-state index in [1.54, 1.807) is 0 Å². The molecule has 0 rings (SSSR count). The molecule has 0 aliphatic heterocycles. The van der Waals surface area contributed by atoms with Gasteiger partial charge in [0.2, 0.25) is 0 Å². The molecule has 0 saturated carbocycles. The van der Waals surface area contributed by atoms with Crippen LogP contribution < -0.4 is 0 Å². The third-order valence-electron chi connectivity index (χ3n) is 0.0556. The first-order valence-electron chi connectivity index (χ1n) is 4.52. The summed E-state index contributed by atoms with van der Waals surface area (Å²) < 4.78 is 0. The van der Waals surface area contributed by atoms with Gasteiger partial charge in [0, 0.05) is 27.7 Å². The van der Waals surface area contributed by atoms with Crippen LogP contribution in [0.2, 0.25) is 0 Å². The average Bonchev–Trinajstić information content (AvgIpc) is 2.13. The van der Waals surface area contributed by atoms with Crippen molar-refractivity contribution < 1.29 is 49.2 Å². The van der Waals surface area contributed by atoms with E-state index in [2.05, 4.69) is 0 Å². The number of hydrogen-bond donors (Lipinski definition) is 4. The molecule has 0 fully saturated rings. The zero-order valence-corrected chi connectivity index (χ0v) is 11.4. The normalized spacial score (nSPS) is 6.00. The molecule has 0 saturated heterocycles. The third-order valence-corrected chi connectivity index (χ3v) is 0.0556. The maximum Gasteiger partial charge on any atom is 0.300 e. The van der Waals surface area contributed by atoms with Crippen molar-refractivity contribution in [3.8, 4) is 0 Å². The Labute approximate surface area is 114 Å². The van der Waals surface area contributed by atoms with Crippen molar-refractivity contribution in [2.24, 2.45) is 0 Å². The van der Waals surface area contributed by atoms with Gasteiger partial charge in [-0.15, -0.1) is 0 Å². The molecule has 0 aromatic rings. The van der Waals surface area contributed by atoms with Crippen LogP contribution in [0.15, 0.2) is 0 Å². The molecule has 20 heavy (non-hydrogen) atoms. The molecule has 10 nitrogen and oxygen atoms in total. The minimum Gasteiger partial charge on any atom is -0.481 e. The quantitative estimate of drug-likeness (QED) is 0.371. The van der Waals surface area contributed by atoms with Crippen LogP contribution in [0, 0.1) is 0 Å². The van der Waals surface area contributed by atoms with E-state index in [1.165, 1.54) is 0 Å². The van der Waals surface area contributed by atoms with Crippen LogP contribution in [0.4, 0.5) is 0 Å². The second-order valence-corrected chi connectivity index (χ2v) is 2.35. The van der Waals surface area contributed by atoms with Gasteiger partial charge < -0.3 is 20.4 Å². The largest absolute Gasteiger partial charge is 0.481 e. The lowest BCUT2D eigenvalue weighted by atomic mass is 10.9. The highest BCUT2D eigenvalue weighted by atomic mass is 16.4. The number of aliphatic carboxylic acids is 4. The zero-order valence-electron chi connectivity index (χ0n) is 11.4. The molecule has 0 amide bonds. The molecule has 118 valence electrons. The predicted octanol–water partition coefficient (Wildman–Crippen LogP) is -0.252. The average molecular weight is 298 g/mol. The Hall–Kier alpha value is -2.78. The molecule has 0 heterocycles. The minimum absolute atomic E-state index is 0.194. The predicted molar refractivity (Wildman–Crippen MR) is 65.4 cm³/mol. The van der Waals surface area contributed by atoms with Gasteiger partial charge in [-0.2, -0.15) is 0 Å². The van der Waals surface area contributed by atoms with E-state index in [1.807, 2.05) is 0 Å². The Morgan fingerprint density at radius 3 is 0.600 bits per heavy atom. The van der Waals surface area contributed by atoms with E-state index in [-0.39, 0.29) is 12.6 Å². The molecule has 0 aromatic heterocycles. The molecule has 0 spiro atoms.